The zero-order valence-corrected chi connectivity index (χ0v) is 40.4. The molecule has 6 heteroatoms. The first-order valence-corrected chi connectivity index (χ1v) is 20.8. The molecule has 4 aromatic carbocycles. The minimum atomic E-state index is -0.126. The standard InChI is InChI=1S/C53H63N4O.Pt/c1-34-44(53(14,15)16)28-38(52(11,12)13)29-46(34)56-24-23-55(33-56)39-25-37(51(8,9)10)26-41(31-39)58-40-18-19-42-43-27-35(49(2,3)4)17-20-45(43)57(47(42)32-40)48-30-36(21-22-54-48)50(5,6)7;/h17-30,33H,1-16H3;/q-3;. The Labute approximate surface area is 369 Å². The van der Waals surface area contributed by atoms with Gasteiger partial charge in [0.15, 0.2) is 0 Å². The summed E-state index contributed by atoms with van der Waals surface area (Å²) in [5.41, 5.74) is 11.7. The predicted octanol–water partition coefficient (Wildman–Crippen LogP) is 14.3. The van der Waals surface area contributed by atoms with Crippen LogP contribution in [0.2, 0.25) is 0 Å². The van der Waals surface area contributed by atoms with Crippen LogP contribution in [0.5, 0.6) is 11.5 Å². The van der Waals surface area contributed by atoms with E-state index in [1.807, 2.05) is 12.3 Å². The van der Waals surface area contributed by atoms with Crippen LogP contribution in [0.1, 0.15) is 137 Å². The molecule has 1 aliphatic rings. The van der Waals surface area contributed by atoms with E-state index in [-0.39, 0.29) is 48.1 Å². The van der Waals surface area contributed by atoms with E-state index >= 15 is 0 Å². The average Bonchev–Trinajstić information content (AvgIpc) is 3.72. The molecule has 314 valence electrons. The zero-order valence-electron chi connectivity index (χ0n) is 38.2. The van der Waals surface area contributed by atoms with Crippen LogP contribution in [-0.2, 0) is 48.1 Å². The van der Waals surface area contributed by atoms with Crippen LogP contribution in [0.3, 0.4) is 0 Å². The summed E-state index contributed by atoms with van der Waals surface area (Å²) in [7, 11) is 0. The summed E-state index contributed by atoms with van der Waals surface area (Å²) in [5.74, 6) is 2.14. The monoisotopic (exact) mass is 966 g/mol. The van der Waals surface area contributed by atoms with Crippen molar-refractivity contribution in [3.05, 3.63) is 138 Å². The van der Waals surface area contributed by atoms with E-state index in [9.17, 15) is 0 Å². The first kappa shape index (κ1) is 44.2. The zero-order chi connectivity index (χ0) is 42.3. The minimum absolute atomic E-state index is 0. The average molecular weight is 967 g/mol. The molecule has 0 saturated carbocycles. The third kappa shape index (κ3) is 8.93. The Balaban J connectivity index is 0.00000585. The van der Waals surface area contributed by atoms with Gasteiger partial charge < -0.3 is 19.1 Å². The number of hydrogen-bond donors (Lipinski definition) is 0. The number of rotatable bonds is 5. The Hall–Kier alpha value is -4.34. The summed E-state index contributed by atoms with van der Waals surface area (Å²) in [5, 5.41) is 2.29. The number of ether oxygens (including phenoxy) is 1. The van der Waals surface area contributed by atoms with Crippen LogP contribution < -0.4 is 14.5 Å². The Kier molecular flexibility index (Phi) is 11.5. The molecule has 0 atom stereocenters. The van der Waals surface area contributed by atoms with Crippen molar-refractivity contribution in [1.82, 2.24) is 9.55 Å². The minimum Gasteiger partial charge on any atom is -0.509 e. The molecular formula is C53H63N4OPt-3. The van der Waals surface area contributed by atoms with Gasteiger partial charge in [-0.1, -0.05) is 128 Å². The molecule has 0 spiro atoms. The second-order valence-electron chi connectivity index (χ2n) is 21.4. The third-order valence-electron chi connectivity index (χ3n) is 11.5. The van der Waals surface area contributed by atoms with E-state index in [0.717, 1.165) is 33.5 Å². The van der Waals surface area contributed by atoms with Crippen molar-refractivity contribution in [1.29, 1.82) is 0 Å². The fraction of sp³-hybridized carbons (Fsp3) is 0.396. The van der Waals surface area contributed by atoms with E-state index in [1.165, 1.54) is 38.9 Å². The van der Waals surface area contributed by atoms with E-state index in [2.05, 4.69) is 217 Å². The van der Waals surface area contributed by atoms with Gasteiger partial charge in [0, 0.05) is 50.0 Å². The Morgan fingerprint density at radius 1 is 0.559 bits per heavy atom. The maximum absolute atomic E-state index is 6.78. The summed E-state index contributed by atoms with van der Waals surface area (Å²) in [6, 6.07) is 31.8. The molecule has 0 unspecified atom stereocenters. The fourth-order valence-electron chi connectivity index (χ4n) is 7.79. The van der Waals surface area contributed by atoms with Gasteiger partial charge in [0.05, 0.1) is 0 Å². The molecule has 0 bridgehead atoms. The van der Waals surface area contributed by atoms with Crippen molar-refractivity contribution < 1.29 is 25.8 Å². The number of aromatic nitrogens is 2. The van der Waals surface area contributed by atoms with Gasteiger partial charge in [0.25, 0.3) is 0 Å². The first-order valence-electron chi connectivity index (χ1n) is 20.8. The molecule has 0 aliphatic carbocycles. The number of fused-ring (bicyclic) bond motifs is 3. The van der Waals surface area contributed by atoms with E-state index < -0.39 is 0 Å². The molecule has 7 rings (SSSR count). The summed E-state index contributed by atoms with van der Waals surface area (Å²) in [6.07, 6.45) is 6.18. The van der Waals surface area contributed by atoms with Gasteiger partial charge in [-0.3, -0.25) is 0 Å². The van der Waals surface area contributed by atoms with Gasteiger partial charge in [-0.25, -0.2) is 4.98 Å². The van der Waals surface area contributed by atoms with Gasteiger partial charge in [-0.15, -0.1) is 53.6 Å². The second-order valence-corrected chi connectivity index (χ2v) is 21.4. The van der Waals surface area contributed by atoms with Crippen molar-refractivity contribution in [3.63, 3.8) is 0 Å². The molecule has 1 aliphatic heterocycles. The van der Waals surface area contributed by atoms with Crippen LogP contribution in [0.4, 0.5) is 11.4 Å². The molecule has 0 amide bonds. The van der Waals surface area contributed by atoms with Crippen LogP contribution in [-0.4, -0.2) is 9.55 Å². The first-order chi connectivity index (χ1) is 26.8. The fourth-order valence-corrected chi connectivity index (χ4v) is 7.79. The van der Waals surface area contributed by atoms with E-state index in [1.54, 1.807) is 0 Å². The van der Waals surface area contributed by atoms with Crippen molar-refractivity contribution in [2.24, 2.45) is 0 Å². The number of nitrogens with zero attached hydrogens (tertiary/aromatic N) is 4. The molecule has 5 nitrogen and oxygen atoms in total. The normalized spacial score (nSPS) is 14.1. The molecular weight excluding hydrogens is 904 g/mol. The van der Waals surface area contributed by atoms with Crippen LogP contribution in [0, 0.1) is 25.7 Å². The summed E-state index contributed by atoms with van der Waals surface area (Å²) in [4.78, 5) is 9.31. The van der Waals surface area contributed by atoms with E-state index in [4.69, 9.17) is 9.72 Å². The smallest absolute Gasteiger partial charge is 0.135 e. The number of benzene rings is 4. The molecule has 0 N–H and O–H groups in total. The molecule has 0 radical (unpaired) electrons. The Bertz CT molecular complexity index is 2560. The number of hydrogen-bond acceptors (Lipinski definition) is 4. The van der Waals surface area contributed by atoms with Crippen LogP contribution in [0.15, 0.2) is 85.3 Å². The Morgan fingerprint density at radius 3 is 1.80 bits per heavy atom. The van der Waals surface area contributed by atoms with E-state index in [0.29, 0.717) is 11.5 Å². The summed E-state index contributed by atoms with van der Waals surface area (Å²) < 4.78 is 9.02. The largest absolute Gasteiger partial charge is 0.509 e. The quantitative estimate of drug-likeness (QED) is 0.161. The van der Waals surface area contributed by atoms with Gasteiger partial charge in [-0.2, -0.15) is 6.07 Å². The van der Waals surface area contributed by atoms with Crippen LogP contribution in [0.25, 0.3) is 27.6 Å². The summed E-state index contributed by atoms with van der Waals surface area (Å²) in [6.45, 7) is 38.4. The second kappa shape index (κ2) is 15.3. The van der Waals surface area contributed by atoms with Crippen LogP contribution >= 0.6 is 0 Å². The third-order valence-corrected chi connectivity index (χ3v) is 11.5. The molecule has 59 heavy (non-hydrogen) atoms. The van der Waals surface area contributed by atoms with Gasteiger partial charge in [0.1, 0.15) is 5.82 Å². The van der Waals surface area contributed by atoms with Gasteiger partial charge in [-0.05, 0) is 104 Å². The maximum Gasteiger partial charge on any atom is 0.135 e. The molecule has 0 fully saturated rings. The molecule has 2 aromatic heterocycles. The number of anilines is 2. The van der Waals surface area contributed by atoms with Crippen molar-refractivity contribution >= 4 is 33.2 Å². The van der Waals surface area contributed by atoms with Crippen molar-refractivity contribution in [2.45, 2.75) is 138 Å². The molecule has 3 heterocycles. The van der Waals surface area contributed by atoms with Crippen molar-refractivity contribution in [3.8, 4) is 17.3 Å². The Morgan fingerprint density at radius 2 is 1.17 bits per heavy atom. The summed E-state index contributed by atoms with van der Waals surface area (Å²) >= 11 is 0. The number of pyridine rings is 1. The van der Waals surface area contributed by atoms with Gasteiger partial charge >= 0.3 is 0 Å². The van der Waals surface area contributed by atoms with Crippen molar-refractivity contribution in [2.75, 3.05) is 9.80 Å². The molecule has 0 saturated heterocycles. The van der Waals surface area contributed by atoms with Gasteiger partial charge in [0.2, 0.25) is 0 Å². The maximum atomic E-state index is 6.78. The molecule has 6 aromatic rings. The SMILES string of the molecule is Cc1c(N2C=CN(c3[c-]c(Oc4[c-]c5c(cc4)c4cc(C(C)(C)C)ccc4n5-c4cc(C(C)(C)C)ccn4)cc(C(C)(C)C)c3)[CH-]2)cc(C(C)(C)C)cc1C(C)(C)C.[Pt]. The predicted molar refractivity (Wildman–Crippen MR) is 246 cm³/mol. The topological polar surface area (TPSA) is 33.5 Å².